The third kappa shape index (κ3) is 2.11. The summed E-state index contributed by atoms with van der Waals surface area (Å²) in [4.78, 5) is 16.9. The predicted octanol–water partition coefficient (Wildman–Crippen LogP) is 3.77. The van der Waals surface area contributed by atoms with Crippen LogP contribution < -0.4 is 5.32 Å². The van der Waals surface area contributed by atoms with Crippen LogP contribution in [0.3, 0.4) is 0 Å². The van der Waals surface area contributed by atoms with E-state index in [0.717, 1.165) is 29.5 Å². The molecule has 1 aliphatic heterocycles. The summed E-state index contributed by atoms with van der Waals surface area (Å²) in [6.07, 6.45) is 3.16. The Morgan fingerprint density at radius 1 is 1.48 bits per heavy atom. The quantitative estimate of drug-likeness (QED) is 0.883. The molecule has 4 nitrogen and oxygen atoms in total. The van der Waals surface area contributed by atoms with Crippen LogP contribution in [0.25, 0.3) is 10.9 Å². The average molecular weight is 379 g/mol. The first-order valence-corrected chi connectivity index (χ1v) is 8.52. The number of nitrogens with zero attached hydrogens (tertiary/aromatic N) is 1. The Kier molecular flexibility index (Phi) is 3.43. The van der Waals surface area contributed by atoms with Gasteiger partial charge in [-0.3, -0.25) is 9.78 Å². The van der Waals surface area contributed by atoms with Gasteiger partial charge in [0.2, 0.25) is 5.91 Å². The molecule has 1 N–H and O–H groups in total. The van der Waals surface area contributed by atoms with Crippen molar-refractivity contribution in [2.45, 2.75) is 25.2 Å². The van der Waals surface area contributed by atoms with E-state index in [0.29, 0.717) is 29.1 Å². The van der Waals surface area contributed by atoms with Gasteiger partial charge in [0.1, 0.15) is 5.82 Å². The molecule has 1 amide bonds. The number of hydrogen-bond acceptors (Lipinski definition) is 3. The molecule has 6 heteroatoms. The number of amides is 1. The molecular formula is C17H16BrFN2O2. The van der Waals surface area contributed by atoms with Gasteiger partial charge in [0.15, 0.2) is 0 Å². The number of aromatic nitrogens is 1. The van der Waals surface area contributed by atoms with Crippen LogP contribution in [-0.2, 0) is 14.9 Å². The minimum atomic E-state index is -0.518. The standard InChI is InChI=1S/C17H16BrFN2O2/c1-2-23-8-9-5-17(6-9)15-10-3-11(18)12(19)4-13(10)20-7-14(15)21-16(17)22/h3-4,7,9H,2,5-6,8H2,1H3,(H,21,22). The summed E-state index contributed by atoms with van der Waals surface area (Å²) in [5.74, 6) is 0.0628. The maximum atomic E-state index is 13.8. The summed E-state index contributed by atoms with van der Waals surface area (Å²) in [6, 6.07) is 3.14. The van der Waals surface area contributed by atoms with Crippen molar-refractivity contribution in [3.63, 3.8) is 0 Å². The van der Waals surface area contributed by atoms with Crippen molar-refractivity contribution in [1.29, 1.82) is 0 Å². The molecule has 0 atom stereocenters. The fraction of sp³-hybridized carbons (Fsp3) is 0.412. The topological polar surface area (TPSA) is 51.2 Å². The predicted molar refractivity (Wildman–Crippen MR) is 88.9 cm³/mol. The number of pyridine rings is 1. The molecule has 1 fully saturated rings. The Morgan fingerprint density at radius 3 is 3.00 bits per heavy atom. The van der Waals surface area contributed by atoms with Gasteiger partial charge in [0.25, 0.3) is 0 Å². The second-order valence-corrected chi connectivity index (χ2v) is 7.15. The van der Waals surface area contributed by atoms with Crippen molar-refractivity contribution in [3.05, 3.63) is 34.2 Å². The SMILES string of the molecule is CCOCC1CC2(C1)C(=O)Nc1cnc3cc(F)c(Br)cc3c12. The van der Waals surface area contributed by atoms with Crippen LogP contribution in [0, 0.1) is 11.7 Å². The zero-order valence-corrected chi connectivity index (χ0v) is 14.2. The highest BCUT2D eigenvalue weighted by Crippen LogP contribution is 2.55. The summed E-state index contributed by atoms with van der Waals surface area (Å²) in [7, 11) is 0. The van der Waals surface area contributed by atoms with Crippen LogP contribution in [0.4, 0.5) is 10.1 Å². The van der Waals surface area contributed by atoms with Crippen LogP contribution in [0.2, 0.25) is 0 Å². The number of nitrogens with one attached hydrogen (secondary N) is 1. The number of fused-ring (bicyclic) bond motifs is 4. The molecular weight excluding hydrogens is 363 g/mol. The van der Waals surface area contributed by atoms with Crippen LogP contribution in [0.15, 0.2) is 22.8 Å². The average Bonchev–Trinajstić information content (AvgIpc) is 2.78. The van der Waals surface area contributed by atoms with Gasteiger partial charge in [-0.05, 0) is 47.7 Å². The summed E-state index contributed by atoms with van der Waals surface area (Å²) in [6.45, 7) is 3.34. The van der Waals surface area contributed by atoms with E-state index in [9.17, 15) is 9.18 Å². The van der Waals surface area contributed by atoms with E-state index in [2.05, 4.69) is 26.2 Å². The number of benzene rings is 1. The first-order valence-electron chi connectivity index (χ1n) is 7.72. The number of anilines is 1. The molecule has 2 aromatic rings. The van der Waals surface area contributed by atoms with Crippen molar-refractivity contribution in [1.82, 2.24) is 4.98 Å². The van der Waals surface area contributed by atoms with Gasteiger partial charge in [-0.1, -0.05) is 0 Å². The van der Waals surface area contributed by atoms with Gasteiger partial charge in [-0.25, -0.2) is 4.39 Å². The molecule has 2 heterocycles. The molecule has 23 heavy (non-hydrogen) atoms. The highest BCUT2D eigenvalue weighted by Gasteiger charge is 2.56. The fourth-order valence-corrected chi connectivity index (χ4v) is 4.21. The lowest BCUT2D eigenvalue weighted by atomic mass is 9.59. The van der Waals surface area contributed by atoms with Crippen LogP contribution >= 0.6 is 15.9 Å². The van der Waals surface area contributed by atoms with Crippen molar-refractivity contribution < 1.29 is 13.9 Å². The Balaban J connectivity index is 1.80. The molecule has 1 aromatic heterocycles. The number of carbonyl (C=O) groups is 1. The molecule has 1 spiro atoms. The van der Waals surface area contributed by atoms with Gasteiger partial charge < -0.3 is 10.1 Å². The number of rotatable bonds is 3. The maximum Gasteiger partial charge on any atom is 0.235 e. The minimum Gasteiger partial charge on any atom is -0.381 e. The Morgan fingerprint density at radius 2 is 2.26 bits per heavy atom. The lowest BCUT2D eigenvalue weighted by molar-refractivity contribution is -0.126. The molecule has 120 valence electrons. The van der Waals surface area contributed by atoms with Crippen LogP contribution in [0.5, 0.6) is 0 Å². The summed E-state index contributed by atoms with van der Waals surface area (Å²) in [5, 5.41) is 3.78. The zero-order valence-electron chi connectivity index (χ0n) is 12.7. The van der Waals surface area contributed by atoms with E-state index in [4.69, 9.17) is 4.74 Å². The zero-order chi connectivity index (χ0) is 16.2. The van der Waals surface area contributed by atoms with Gasteiger partial charge in [-0.15, -0.1) is 0 Å². The Labute approximate surface area is 141 Å². The molecule has 0 unspecified atom stereocenters. The largest absolute Gasteiger partial charge is 0.381 e. The van der Waals surface area contributed by atoms with E-state index in [-0.39, 0.29) is 11.7 Å². The van der Waals surface area contributed by atoms with E-state index in [1.54, 1.807) is 12.3 Å². The van der Waals surface area contributed by atoms with E-state index < -0.39 is 5.41 Å². The second-order valence-electron chi connectivity index (χ2n) is 6.30. The Bertz CT molecular complexity index is 818. The van der Waals surface area contributed by atoms with Crippen molar-refractivity contribution >= 4 is 38.4 Å². The van der Waals surface area contributed by atoms with Gasteiger partial charge in [0.05, 0.1) is 27.3 Å². The third-order valence-electron chi connectivity index (χ3n) is 4.90. The molecule has 1 saturated carbocycles. The number of carbonyl (C=O) groups excluding carboxylic acids is 1. The summed E-state index contributed by atoms with van der Waals surface area (Å²) < 4.78 is 19.7. The first kappa shape index (κ1) is 15.0. The lowest BCUT2D eigenvalue weighted by Crippen LogP contribution is -2.48. The molecule has 0 bridgehead atoms. The van der Waals surface area contributed by atoms with E-state index in [1.807, 2.05) is 6.92 Å². The monoisotopic (exact) mass is 378 g/mol. The molecule has 0 saturated heterocycles. The Hall–Kier alpha value is -1.53. The lowest BCUT2D eigenvalue weighted by Gasteiger charge is -2.43. The van der Waals surface area contributed by atoms with Gasteiger partial charge >= 0.3 is 0 Å². The van der Waals surface area contributed by atoms with Gasteiger partial charge in [0, 0.05) is 30.2 Å². The van der Waals surface area contributed by atoms with Crippen molar-refractivity contribution in [2.24, 2.45) is 5.92 Å². The smallest absolute Gasteiger partial charge is 0.235 e. The van der Waals surface area contributed by atoms with Crippen LogP contribution in [-0.4, -0.2) is 24.1 Å². The second kappa shape index (κ2) is 5.24. The first-order chi connectivity index (χ1) is 11.0. The highest BCUT2D eigenvalue weighted by molar-refractivity contribution is 9.10. The molecule has 4 rings (SSSR count). The molecule has 1 aliphatic carbocycles. The van der Waals surface area contributed by atoms with Gasteiger partial charge in [-0.2, -0.15) is 0 Å². The third-order valence-corrected chi connectivity index (χ3v) is 5.51. The van der Waals surface area contributed by atoms with Crippen molar-refractivity contribution in [3.8, 4) is 0 Å². The minimum absolute atomic E-state index is 0.0231. The maximum absolute atomic E-state index is 13.8. The van der Waals surface area contributed by atoms with Crippen molar-refractivity contribution in [2.75, 3.05) is 18.5 Å². The number of ether oxygens (including phenoxy) is 1. The van der Waals surface area contributed by atoms with E-state index in [1.165, 1.54) is 6.07 Å². The number of hydrogen-bond donors (Lipinski definition) is 1. The normalized spacial score (nSPS) is 25.5. The fourth-order valence-electron chi connectivity index (χ4n) is 3.87. The summed E-state index contributed by atoms with van der Waals surface area (Å²) >= 11 is 3.24. The summed E-state index contributed by atoms with van der Waals surface area (Å²) in [5.41, 5.74) is 1.76. The highest BCUT2D eigenvalue weighted by atomic mass is 79.9. The number of halogens is 2. The van der Waals surface area contributed by atoms with E-state index >= 15 is 0 Å². The molecule has 1 aromatic carbocycles. The molecule has 0 radical (unpaired) electrons. The van der Waals surface area contributed by atoms with Crippen LogP contribution in [0.1, 0.15) is 25.3 Å². The molecule has 2 aliphatic rings.